The topological polar surface area (TPSA) is 178 Å². The highest BCUT2D eigenvalue weighted by Crippen LogP contribution is 2.41. The van der Waals surface area contributed by atoms with E-state index in [4.69, 9.17) is 24.2 Å². The van der Waals surface area contributed by atoms with Gasteiger partial charge in [0.2, 0.25) is 11.8 Å². The Labute approximate surface area is 375 Å². The molecule has 4 amide bonds. The predicted octanol–water partition coefficient (Wildman–Crippen LogP) is 5.78. The van der Waals surface area contributed by atoms with Gasteiger partial charge in [0.15, 0.2) is 0 Å². The van der Waals surface area contributed by atoms with E-state index in [-0.39, 0.29) is 40.4 Å². The van der Waals surface area contributed by atoms with Crippen LogP contribution in [0.3, 0.4) is 0 Å². The fourth-order valence-corrected chi connectivity index (χ4v) is 10.1. The maximum Gasteiger partial charge on any atom is 0.409 e. The summed E-state index contributed by atoms with van der Waals surface area (Å²) in [7, 11) is 6.61. The number of fused-ring (bicyclic) bond motifs is 6. The molecule has 0 saturated carbocycles. The molecule has 3 aliphatic heterocycles. The van der Waals surface area contributed by atoms with Crippen molar-refractivity contribution < 1.29 is 41.0 Å². The van der Waals surface area contributed by atoms with Crippen molar-refractivity contribution in [2.45, 2.75) is 91.0 Å². The number of cyclic esters (lactones) is 1. The summed E-state index contributed by atoms with van der Waals surface area (Å²) in [6.07, 6.45) is 3.10. The molecule has 17 heteroatoms. The molecule has 3 aromatic heterocycles. The molecule has 2 saturated heterocycles. The quantitative estimate of drug-likeness (QED) is 0.205. The average Bonchev–Trinajstić information content (AvgIpc) is 4.02. The van der Waals surface area contributed by atoms with Gasteiger partial charge in [0, 0.05) is 89.1 Å². The molecule has 1 aromatic carbocycles. The number of pyridine rings is 1. The van der Waals surface area contributed by atoms with Crippen molar-refractivity contribution in [3.8, 4) is 22.5 Å². The number of rotatable bonds is 8. The van der Waals surface area contributed by atoms with Gasteiger partial charge < -0.3 is 33.9 Å². The lowest BCUT2D eigenvalue weighted by atomic mass is 9.84. The van der Waals surface area contributed by atoms with Crippen LogP contribution >= 0.6 is 11.3 Å². The van der Waals surface area contributed by atoms with E-state index in [2.05, 4.69) is 54.4 Å². The van der Waals surface area contributed by atoms with Gasteiger partial charge in [0.05, 0.1) is 47.8 Å². The van der Waals surface area contributed by atoms with E-state index >= 15 is 0 Å². The average molecular weight is 889 g/mol. The molecule has 3 aliphatic rings. The number of thiazole rings is 1. The molecule has 5 atom stereocenters. The standard InChI is InChI=1S/C46H60N8O8S.2H2/c1-26(2)39(52(7)42(56)29-16-19-53(23-29)45(59)61-9)41(55)49-34-21-37-48-35(24-63-37)28-14-15-36-31(20-28)32(40(51(36)6)30-12-10-17-47-38(30)27(3)60-8)22-46(4,5)25-62-44(58)33-13-11-18-54(50-33)43(34)57;;/h10,12,14-15,17,20,24,26-27,29,33-34,39,50H,11,13,16,18-19,21-23,25H2,1-9H3,(H,49,55);2*1H/t27-,29-,33-,34-,39-;;/m0../s1. The maximum atomic E-state index is 14.6. The molecular weight excluding hydrogens is 825 g/mol. The molecule has 63 heavy (non-hydrogen) atoms. The molecule has 0 spiro atoms. The zero-order valence-corrected chi connectivity index (χ0v) is 38.5. The van der Waals surface area contributed by atoms with Crippen molar-refractivity contribution >= 4 is 52.0 Å². The Hall–Kier alpha value is -5.39. The molecule has 6 bridgehead atoms. The summed E-state index contributed by atoms with van der Waals surface area (Å²) >= 11 is 1.40. The minimum atomic E-state index is -1.09. The largest absolute Gasteiger partial charge is 0.464 e. The van der Waals surface area contributed by atoms with E-state index in [9.17, 15) is 24.0 Å². The molecular formula is C46H64N8O8S. The summed E-state index contributed by atoms with van der Waals surface area (Å²) in [5.41, 5.74) is 9.10. The number of esters is 1. The van der Waals surface area contributed by atoms with Gasteiger partial charge in [-0.25, -0.2) is 15.2 Å². The zero-order valence-electron chi connectivity index (χ0n) is 37.7. The molecule has 0 radical (unpaired) electrons. The van der Waals surface area contributed by atoms with Gasteiger partial charge in [-0.2, -0.15) is 0 Å². The van der Waals surface area contributed by atoms with Crippen molar-refractivity contribution in [2.24, 2.45) is 24.3 Å². The van der Waals surface area contributed by atoms with Gasteiger partial charge in [-0.3, -0.25) is 29.2 Å². The number of aromatic nitrogens is 3. The Morgan fingerprint density at radius 3 is 2.62 bits per heavy atom. The SMILES string of the molecule is COC(=O)N1CC[C@H](C(=O)N(C)[C@H](C(=O)N[C@H]2Cc3nc(cs3)-c3ccc4c(c3)c(c(-c3cccnc3[C@H](C)OC)n4C)CC(C)(C)COC(=O)[C@@H]3CCCN(N3)C2=O)C(C)C)C1.[HH].[HH]. The molecule has 342 valence electrons. The Morgan fingerprint density at radius 2 is 1.89 bits per heavy atom. The van der Waals surface area contributed by atoms with E-state index < -0.39 is 53.3 Å². The molecule has 0 unspecified atom stereocenters. The number of nitrogens with zero attached hydrogens (tertiary/aromatic N) is 6. The molecule has 4 aromatic rings. The fraction of sp³-hybridized carbons (Fsp3) is 0.543. The van der Waals surface area contributed by atoms with Crippen LogP contribution in [0.4, 0.5) is 4.79 Å². The van der Waals surface area contributed by atoms with E-state index in [0.717, 1.165) is 44.7 Å². The van der Waals surface area contributed by atoms with Crippen molar-refractivity contribution in [2.75, 3.05) is 47.5 Å². The minimum absolute atomic E-state index is 0. The number of aryl methyl sites for hydroxylation is 1. The number of likely N-dealkylation sites (N-methyl/N-ethyl adjacent to an activating group) is 1. The van der Waals surface area contributed by atoms with Crippen LogP contribution in [0.1, 0.15) is 79.1 Å². The molecule has 16 nitrogen and oxygen atoms in total. The third kappa shape index (κ3) is 9.46. The van der Waals surface area contributed by atoms with E-state index in [1.54, 1.807) is 20.4 Å². The number of nitrogens with one attached hydrogen (secondary N) is 2. The van der Waals surface area contributed by atoms with Crippen molar-refractivity contribution in [3.05, 3.63) is 58.2 Å². The zero-order chi connectivity index (χ0) is 45.3. The van der Waals surface area contributed by atoms with Crippen LogP contribution < -0.4 is 10.7 Å². The summed E-state index contributed by atoms with van der Waals surface area (Å²) in [6, 6.07) is 7.49. The van der Waals surface area contributed by atoms with E-state index in [1.807, 2.05) is 38.3 Å². The number of ether oxygens (including phenoxy) is 3. The number of benzene rings is 1. The number of carbonyl (C=O) groups is 5. The van der Waals surface area contributed by atoms with E-state index in [1.165, 1.54) is 33.3 Å². The lowest BCUT2D eigenvalue weighted by Crippen LogP contribution is -2.62. The van der Waals surface area contributed by atoms with Gasteiger partial charge in [0.25, 0.3) is 5.91 Å². The Bertz CT molecular complexity index is 2390. The normalized spacial score (nSPS) is 21.5. The first-order valence-electron chi connectivity index (χ1n) is 21.7. The fourth-order valence-electron chi connectivity index (χ4n) is 9.23. The van der Waals surface area contributed by atoms with Gasteiger partial charge in [-0.05, 0) is 68.4 Å². The van der Waals surface area contributed by atoms with Gasteiger partial charge in [0.1, 0.15) is 18.1 Å². The molecule has 2 fully saturated rings. The summed E-state index contributed by atoms with van der Waals surface area (Å²) in [5.74, 6) is -2.48. The number of amides is 4. The Morgan fingerprint density at radius 1 is 1.11 bits per heavy atom. The highest BCUT2D eigenvalue weighted by atomic mass is 32.1. The Balaban J connectivity index is 0.00000397. The van der Waals surface area contributed by atoms with Gasteiger partial charge in [-0.1, -0.05) is 33.8 Å². The number of methoxy groups -OCH3 is 2. The smallest absolute Gasteiger partial charge is 0.409 e. The highest BCUT2D eigenvalue weighted by molar-refractivity contribution is 7.10. The van der Waals surface area contributed by atoms with Crippen LogP contribution in [-0.2, 0) is 53.3 Å². The second-order valence-electron chi connectivity index (χ2n) is 18.1. The van der Waals surface area contributed by atoms with Crippen LogP contribution in [0.25, 0.3) is 33.4 Å². The first-order valence-corrected chi connectivity index (χ1v) is 22.6. The van der Waals surface area contributed by atoms with Crippen molar-refractivity contribution in [1.82, 2.24) is 40.1 Å². The third-order valence-corrected chi connectivity index (χ3v) is 13.5. The van der Waals surface area contributed by atoms with E-state index in [0.29, 0.717) is 43.8 Å². The van der Waals surface area contributed by atoms with Crippen LogP contribution in [0.2, 0.25) is 0 Å². The lowest BCUT2D eigenvalue weighted by Gasteiger charge is -2.36. The minimum Gasteiger partial charge on any atom is -0.464 e. The van der Waals surface area contributed by atoms with Crippen LogP contribution in [0, 0.1) is 17.3 Å². The number of likely N-dealkylation sites (tertiary alicyclic amines) is 1. The number of carbonyl (C=O) groups excluding carboxylic acids is 5. The monoisotopic (exact) mass is 888 g/mol. The molecule has 0 aliphatic carbocycles. The summed E-state index contributed by atoms with van der Waals surface area (Å²) in [4.78, 5) is 81.5. The second kappa shape index (κ2) is 18.8. The Kier molecular flexibility index (Phi) is 13.6. The second-order valence-corrected chi connectivity index (χ2v) is 19.1. The van der Waals surface area contributed by atoms with Gasteiger partial charge >= 0.3 is 12.1 Å². The van der Waals surface area contributed by atoms with Gasteiger partial charge in [-0.15, -0.1) is 11.3 Å². The number of hydrazine groups is 1. The first kappa shape index (κ1) is 45.6. The highest BCUT2D eigenvalue weighted by Gasteiger charge is 2.41. The third-order valence-electron chi connectivity index (χ3n) is 12.6. The van der Waals surface area contributed by atoms with Crippen LogP contribution in [0.15, 0.2) is 41.9 Å². The maximum absolute atomic E-state index is 14.6. The molecule has 2 N–H and O–H groups in total. The number of hydrogen-bond donors (Lipinski definition) is 2. The van der Waals surface area contributed by atoms with Crippen LogP contribution in [0.5, 0.6) is 0 Å². The van der Waals surface area contributed by atoms with Crippen molar-refractivity contribution in [1.29, 1.82) is 0 Å². The first-order chi connectivity index (χ1) is 30.0. The van der Waals surface area contributed by atoms with Crippen molar-refractivity contribution in [3.63, 3.8) is 0 Å². The molecule has 6 heterocycles. The summed E-state index contributed by atoms with van der Waals surface area (Å²) < 4.78 is 18.9. The molecule has 7 rings (SSSR count). The van der Waals surface area contributed by atoms with Crippen LogP contribution in [-0.4, -0.2) is 125 Å². The number of hydrogen-bond acceptors (Lipinski definition) is 12. The summed E-state index contributed by atoms with van der Waals surface area (Å²) in [6.45, 7) is 10.8. The summed E-state index contributed by atoms with van der Waals surface area (Å²) in [5, 5.41) is 8.03. The predicted molar refractivity (Wildman–Crippen MR) is 242 cm³/mol. The lowest BCUT2D eigenvalue weighted by molar-refractivity contribution is -0.155.